The zero-order chi connectivity index (χ0) is 16.4. The number of hydrogen-bond acceptors (Lipinski definition) is 4. The van der Waals surface area contributed by atoms with E-state index in [0.717, 1.165) is 31.5 Å². The van der Waals surface area contributed by atoms with Crippen molar-refractivity contribution < 1.29 is 9.53 Å². The van der Waals surface area contributed by atoms with E-state index in [9.17, 15) is 4.79 Å². The molecule has 0 spiro atoms. The van der Waals surface area contributed by atoms with Crippen molar-refractivity contribution in [1.82, 2.24) is 0 Å². The molecule has 2 aromatic carbocycles. The highest BCUT2D eigenvalue weighted by Gasteiger charge is 2.22. The summed E-state index contributed by atoms with van der Waals surface area (Å²) in [5, 5.41) is 0. The van der Waals surface area contributed by atoms with Gasteiger partial charge in [-0.3, -0.25) is 4.79 Å². The third kappa shape index (κ3) is 3.54. The summed E-state index contributed by atoms with van der Waals surface area (Å²) >= 11 is 6.52. The molecule has 1 aliphatic rings. The van der Waals surface area contributed by atoms with Gasteiger partial charge in [-0.2, -0.15) is 0 Å². The van der Waals surface area contributed by atoms with E-state index in [1.54, 1.807) is 7.11 Å². The van der Waals surface area contributed by atoms with Crippen LogP contribution in [0.25, 0.3) is 17.2 Å². The number of carbonyl (C=O) groups is 1. The van der Waals surface area contributed by atoms with Crippen molar-refractivity contribution in [2.75, 3.05) is 7.11 Å². The van der Waals surface area contributed by atoms with Crippen LogP contribution in [0.5, 0.6) is 5.75 Å². The van der Waals surface area contributed by atoms with Gasteiger partial charge >= 0.3 is 0 Å². The third-order valence-corrected chi connectivity index (χ3v) is 4.99. The van der Waals surface area contributed by atoms with E-state index in [1.807, 2.05) is 24.3 Å². The Morgan fingerprint density at radius 2 is 2.04 bits per heavy atom. The molecule has 3 rings (SSSR count). The fourth-order valence-corrected chi connectivity index (χ4v) is 3.78. The molecule has 1 heterocycles. The van der Waals surface area contributed by atoms with Gasteiger partial charge in [-0.1, -0.05) is 59.9 Å². The summed E-state index contributed by atoms with van der Waals surface area (Å²) in [5.41, 5.74) is 4.29. The summed E-state index contributed by atoms with van der Waals surface area (Å²) in [6, 6.07) is 14.2. The molecule has 1 aliphatic heterocycles. The molecule has 4 heteroatoms. The van der Waals surface area contributed by atoms with E-state index in [-0.39, 0.29) is 5.78 Å². The van der Waals surface area contributed by atoms with Crippen LogP contribution in [0.1, 0.15) is 17.5 Å². The third-order valence-electron chi connectivity index (χ3n) is 3.65. The SMILES string of the molecule is COc1ccc(/C=C2\SC(=S)CC2=O)cc1-c1cccc(C)c1. The average Bonchev–Trinajstić information content (AvgIpc) is 2.85. The van der Waals surface area contributed by atoms with Crippen molar-refractivity contribution in [3.05, 3.63) is 58.5 Å². The lowest BCUT2D eigenvalue weighted by atomic mass is 10.00. The highest BCUT2D eigenvalue weighted by atomic mass is 32.2. The van der Waals surface area contributed by atoms with Crippen LogP contribution in [0.4, 0.5) is 0 Å². The first kappa shape index (κ1) is 16.0. The van der Waals surface area contributed by atoms with Gasteiger partial charge < -0.3 is 4.74 Å². The maximum atomic E-state index is 11.9. The normalized spacial score (nSPS) is 16.2. The molecule has 1 fully saturated rings. The van der Waals surface area contributed by atoms with E-state index in [1.165, 1.54) is 17.3 Å². The Kier molecular flexibility index (Phi) is 4.64. The van der Waals surface area contributed by atoms with Crippen molar-refractivity contribution in [3.63, 3.8) is 0 Å². The minimum Gasteiger partial charge on any atom is -0.496 e. The van der Waals surface area contributed by atoms with Gasteiger partial charge in [0.25, 0.3) is 0 Å². The second-order valence-electron chi connectivity index (χ2n) is 5.41. The zero-order valence-electron chi connectivity index (χ0n) is 13.0. The lowest BCUT2D eigenvalue weighted by Crippen LogP contribution is -1.92. The van der Waals surface area contributed by atoms with Crippen LogP contribution in [0.3, 0.4) is 0 Å². The first-order valence-corrected chi connectivity index (χ1v) is 8.50. The van der Waals surface area contributed by atoms with Gasteiger partial charge in [0, 0.05) is 5.56 Å². The van der Waals surface area contributed by atoms with Gasteiger partial charge in [0.15, 0.2) is 5.78 Å². The van der Waals surface area contributed by atoms with E-state index in [2.05, 4.69) is 31.2 Å². The van der Waals surface area contributed by atoms with Crippen LogP contribution < -0.4 is 4.74 Å². The highest BCUT2D eigenvalue weighted by molar-refractivity contribution is 8.27. The molecule has 116 valence electrons. The molecule has 0 aliphatic carbocycles. The number of carbonyl (C=O) groups excluding carboxylic acids is 1. The van der Waals surface area contributed by atoms with Gasteiger partial charge in [0.2, 0.25) is 0 Å². The van der Waals surface area contributed by atoms with E-state index in [0.29, 0.717) is 6.42 Å². The van der Waals surface area contributed by atoms with Crippen molar-refractivity contribution >= 4 is 40.0 Å². The second kappa shape index (κ2) is 6.69. The van der Waals surface area contributed by atoms with Crippen molar-refractivity contribution in [2.24, 2.45) is 0 Å². The lowest BCUT2D eigenvalue weighted by Gasteiger charge is -2.10. The number of methoxy groups -OCH3 is 1. The molecule has 0 bridgehead atoms. The van der Waals surface area contributed by atoms with Crippen molar-refractivity contribution in [3.8, 4) is 16.9 Å². The number of hydrogen-bond donors (Lipinski definition) is 0. The number of ketones is 1. The number of rotatable bonds is 3. The quantitative estimate of drug-likeness (QED) is 0.577. The number of thioether (sulfide) groups is 1. The fraction of sp³-hybridized carbons (Fsp3) is 0.158. The molecule has 0 radical (unpaired) electrons. The smallest absolute Gasteiger partial charge is 0.175 e. The Morgan fingerprint density at radius 1 is 1.22 bits per heavy atom. The Hall–Kier alpha value is -1.91. The Balaban J connectivity index is 2.05. The predicted octanol–water partition coefficient (Wildman–Crippen LogP) is 5.04. The molecule has 0 saturated carbocycles. The Bertz CT molecular complexity index is 822. The van der Waals surface area contributed by atoms with Crippen LogP contribution >= 0.6 is 24.0 Å². The highest BCUT2D eigenvalue weighted by Crippen LogP contribution is 2.35. The monoisotopic (exact) mass is 340 g/mol. The van der Waals surface area contributed by atoms with Gasteiger partial charge in [0.05, 0.1) is 22.6 Å². The standard InChI is InChI=1S/C19H16O2S2/c1-12-4-3-5-14(8-12)15-9-13(6-7-17(15)21-2)10-18-16(20)11-19(22)23-18/h3-10H,11H2,1-2H3/b18-10-. The number of aryl methyl sites for hydroxylation is 1. The van der Waals surface area contributed by atoms with Gasteiger partial charge in [-0.05, 0) is 36.3 Å². The molecule has 0 atom stereocenters. The molecule has 0 aromatic heterocycles. The van der Waals surface area contributed by atoms with Crippen LogP contribution in [-0.2, 0) is 4.79 Å². The topological polar surface area (TPSA) is 26.3 Å². The van der Waals surface area contributed by atoms with Crippen LogP contribution in [0.15, 0.2) is 47.4 Å². The van der Waals surface area contributed by atoms with Crippen molar-refractivity contribution in [2.45, 2.75) is 13.3 Å². The maximum Gasteiger partial charge on any atom is 0.175 e. The second-order valence-corrected chi connectivity index (χ2v) is 7.30. The summed E-state index contributed by atoms with van der Waals surface area (Å²) in [7, 11) is 1.67. The van der Waals surface area contributed by atoms with Crippen LogP contribution in [0.2, 0.25) is 0 Å². The lowest BCUT2D eigenvalue weighted by molar-refractivity contribution is -0.113. The Morgan fingerprint density at radius 3 is 2.70 bits per heavy atom. The molecular formula is C19H16O2S2. The average molecular weight is 340 g/mol. The number of thiocarbonyl (C=S) groups is 1. The molecule has 1 saturated heterocycles. The summed E-state index contributed by atoms with van der Waals surface area (Å²) < 4.78 is 6.23. The van der Waals surface area contributed by atoms with Gasteiger partial charge in [-0.15, -0.1) is 0 Å². The van der Waals surface area contributed by atoms with E-state index < -0.39 is 0 Å². The van der Waals surface area contributed by atoms with E-state index in [4.69, 9.17) is 17.0 Å². The number of Topliss-reactive ketones (excluding diaryl/α,β-unsaturated/α-hetero) is 1. The molecule has 0 unspecified atom stereocenters. The minimum atomic E-state index is 0.105. The first-order valence-electron chi connectivity index (χ1n) is 7.27. The largest absolute Gasteiger partial charge is 0.496 e. The summed E-state index contributed by atoms with van der Waals surface area (Å²) in [4.78, 5) is 12.6. The maximum absolute atomic E-state index is 11.9. The Labute approximate surface area is 145 Å². The first-order chi connectivity index (χ1) is 11.1. The molecule has 2 aromatic rings. The van der Waals surface area contributed by atoms with Gasteiger partial charge in [0.1, 0.15) is 5.75 Å². The van der Waals surface area contributed by atoms with Crippen LogP contribution in [-0.4, -0.2) is 17.1 Å². The summed E-state index contributed by atoms with van der Waals surface area (Å²) in [6.45, 7) is 2.07. The summed E-state index contributed by atoms with van der Waals surface area (Å²) in [5.74, 6) is 0.923. The molecular weight excluding hydrogens is 324 g/mol. The zero-order valence-corrected chi connectivity index (χ0v) is 14.6. The number of allylic oxidation sites excluding steroid dienone is 1. The fourth-order valence-electron chi connectivity index (χ4n) is 2.55. The number of benzene rings is 2. The minimum absolute atomic E-state index is 0.105. The molecule has 2 nitrogen and oxygen atoms in total. The summed E-state index contributed by atoms with van der Waals surface area (Å²) in [6.07, 6.45) is 2.28. The van der Waals surface area contributed by atoms with Crippen LogP contribution in [0, 0.1) is 6.92 Å². The van der Waals surface area contributed by atoms with E-state index >= 15 is 0 Å². The predicted molar refractivity (Wildman–Crippen MR) is 101 cm³/mol. The number of ether oxygens (including phenoxy) is 1. The van der Waals surface area contributed by atoms with Crippen molar-refractivity contribution in [1.29, 1.82) is 0 Å². The molecule has 0 amide bonds. The van der Waals surface area contributed by atoms with Gasteiger partial charge in [-0.25, -0.2) is 0 Å². The molecule has 0 N–H and O–H groups in total. The molecule has 23 heavy (non-hydrogen) atoms.